The number of thiophene rings is 1. The highest BCUT2D eigenvalue weighted by atomic mass is 32.1. The van der Waals surface area contributed by atoms with Crippen molar-refractivity contribution >= 4 is 86.7 Å². The lowest BCUT2D eigenvalue weighted by atomic mass is 9.85. The SMILES string of the molecule is Cc1cccc(N(c2ccc(-c3ccc4c(c3)c3ccccc3n4-c3ccc4ccccc4c3)cc2)c2ccc3sc4ccccc4c3c2)c1C1=CC=CCC1C. The summed E-state index contributed by atoms with van der Waals surface area (Å²) in [6, 6.07) is 62.9. The van der Waals surface area contributed by atoms with Crippen LogP contribution in [0.5, 0.6) is 0 Å². The molecule has 1 aliphatic carbocycles. The van der Waals surface area contributed by atoms with Gasteiger partial charge in [0.2, 0.25) is 0 Å². The summed E-state index contributed by atoms with van der Waals surface area (Å²) in [6.45, 7) is 4.61. The number of fused-ring (bicyclic) bond motifs is 7. The van der Waals surface area contributed by atoms with Crippen molar-refractivity contribution in [1.29, 1.82) is 0 Å². The van der Waals surface area contributed by atoms with Gasteiger partial charge in [-0.25, -0.2) is 0 Å². The van der Waals surface area contributed by atoms with E-state index in [2.05, 4.69) is 211 Å². The Balaban J connectivity index is 1.05. The Morgan fingerprint density at radius 3 is 2.18 bits per heavy atom. The lowest BCUT2D eigenvalue weighted by molar-refractivity contribution is 0.757. The van der Waals surface area contributed by atoms with E-state index in [0.29, 0.717) is 5.92 Å². The molecule has 0 spiro atoms. The smallest absolute Gasteiger partial charge is 0.0541 e. The first kappa shape index (κ1) is 33.6. The van der Waals surface area contributed by atoms with Crippen LogP contribution < -0.4 is 4.90 Å². The highest BCUT2D eigenvalue weighted by Crippen LogP contribution is 2.46. The quantitative estimate of drug-likeness (QED) is 0.164. The van der Waals surface area contributed by atoms with Gasteiger partial charge in [-0.05, 0) is 125 Å². The molecule has 2 aromatic heterocycles. The molecule has 11 rings (SSSR count). The number of nitrogens with zero attached hydrogens (tertiary/aromatic N) is 2. The fourth-order valence-electron chi connectivity index (χ4n) is 9.12. The third-order valence-electron chi connectivity index (χ3n) is 12.0. The van der Waals surface area contributed by atoms with E-state index < -0.39 is 0 Å². The van der Waals surface area contributed by atoms with Gasteiger partial charge in [-0.2, -0.15) is 0 Å². The van der Waals surface area contributed by atoms with Crippen molar-refractivity contribution in [3.8, 4) is 16.8 Å². The molecule has 2 heterocycles. The maximum absolute atomic E-state index is 2.48. The summed E-state index contributed by atoms with van der Waals surface area (Å²) in [5.41, 5.74) is 13.5. The zero-order chi connectivity index (χ0) is 38.0. The summed E-state index contributed by atoms with van der Waals surface area (Å²) >= 11 is 1.87. The van der Waals surface area contributed by atoms with Crippen LogP contribution in [-0.2, 0) is 0 Å². The molecule has 1 aliphatic rings. The predicted molar refractivity (Wildman–Crippen MR) is 247 cm³/mol. The van der Waals surface area contributed by atoms with Crippen molar-refractivity contribution in [2.24, 2.45) is 5.92 Å². The fourth-order valence-corrected chi connectivity index (χ4v) is 10.2. The lowest BCUT2D eigenvalue weighted by Gasteiger charge is -2.31. The van der Waals surface area contributed by atoms with E-state index >= 15 is 0 Å². The van der Waals surface area contributed by atoms with E-state index in [9.17, 15) is 0 Å². The third kappa shape index (κ3) is 5.61. The first-order chi connectivity index (χ1) is 28.1. The van der Waals surface area contributed by atoms with Crippen LogP contribution in [0.25, 0.3) is 75.1 Å². The number of hydrogen-bond donors (Lipinski definition) is 0. The maximum atomic E-state index is 2.48. The second kappa shape index (κ2) is 13.5. The van der Waals surface area contributed by atoms with Crippen LogP contribution in [0.15, 0.2) is 188 Å². The number of rotatable bonds is 6. The molecule has 0 aliphatic heterocycles. The van der Waals surface area contributed by atoms with Gasteiger partial charge in [0.05, 0.1) is 16.7 Å². The first-order valence-corrected chi connectivity index (χ1v) is 20.7. The largest absolute Gasteiger partial charge is 0.310 e. The summed E-state index contributed by atoms with van der Waals surface area (Å²) in [5.74, 6) is 0.435. The number of hydrogen-bond acceptors (Lipinski definition) is 2. The molecule has 1 atom stereocenters. The zero-order valence-corrected chi connectivity index (χ0v) is 32.8. The van der Waals surface area contributed by atoms with Crippen molar-refractivity contribution in [2.75, 3.05) is 4.90 Å². The molecule has 0 bridgehead atoms. The normalized spacial score (nSPS) is 14.3. The van der Waals surface area contributed by atoms with Crippen molar-refractivity contribution in [2.45, 2.75) is 20.3 Å². The summed E-state index contributed by atoms with van der Waals surface area (Å²) in [5, 5.41) is 7.62. The summed E-state index contributed by atoms with van der Waals surface area (Å²) < 4.78 is 5.04. The molecule has 3 heteroatoms. The minimum atomic E-state index is 0.435. The molecule has 0 saturated heterocycles. The van der Waals surface area contributed by atoms with Crippen molar-refractivity contribution in [1.82, 2.24) is 4.57 Å². The van der Waals surface area contributed by atoms with Crippen LogP contribution in [0.1, 0.15) is 24.5 Å². The Morgan fingerprint density at radius 1 is 0.561 bits per heavy atom. The van der Waals surface area contributed by atoms with Gasteiger partial charge in [0.25, 0.3) is 0 Å². The summed E-state index contributed by atoms with van der Waals surface area (Å²) in [7, 11) is 0. The van der Waals surface area contributed by atoms with Crippen LogP contribution >= 0.6 is 11.3 Å². The minimum absolute atomic E-state index is 0.435. The van der Waals surface area contributed by atoms with E-state index in [4.69, 9.17) is 0 Å². The minimum Gasteiger partial charge on any atom is -0.310 e. The number of anilines is 3. The van der Waals surface area contributed by atoms with Gasteiger partial charge < -0.3 is 9.47 Å². The number of aromatic nitrogens is 1. The van der Waals surface area contributed by atoms with Crippen LogP contribution in [-0.4, -0.2) is 4.57 Å². The first-order valence-electron chi connectivity index (χ1n) is 19.9. The van der Waals surface area contributed by atoms with E-state index in [-0.39, 0.29) is 0 Å². The van der Waals surface area contributed by atoms with E-state index in [1.54, 1.807) is 0 Å². The Kier molecular flexibility index (Phi) is 7.97. The van der Waals surface area contributed by atoms with Crippen molar-refractivity contribution < 1.29 is 0 Å². The molecule has 1 unspecified atom stereocenters. The molecule has 0 fully saturated rings. The molecule has 0 amide bonds. The van der Waals surface area contributed by atoms with Crippen LogP contribution in [0.4, 0.5) is 17.1 Å². The summed E-state index contributed by atoms with van der Waals surface area (Å²) in [6.07, 6.45) is 7.89. The molecular formula is C54H40N2S. The molecule has 0 saturated carbocycles. The molecule has 10 aromatic rings. The van der Waals surface area contributed by atoms with Gasteiger partial charge in [-0.3, -0.25) is 0 Å². The Labute approximate surface area is 336 Å². The average molecular weight is 749 g/mol. The topological polar surface area (TPSA) is 8.17 Å². The fraction of sp³-hybridized carbons (Fsp3) is 0.0741. The maximum Gasteiger partial charge on any atom is 0.0541 e. The molecule has 57 heavy (non-hydrogen) atoms. The second-order valence-corrected chi connectivity index (χ2v) is 16.5. The standard InChI is InChI=1S/C54H40N2S/c1-35-12-3-6-16-44(35)54-36(2)13-11-20-51(54)55(43-29-31-53-48(34-43)46-18-8-10-21-52(46)57-53)41-26-22-38(23-27-41)40-25-30-50-47(33-40)45-17-7-9-19-49(45)56(50)42-28-24-37-14-4-5-15-39(37)32-42/h3-11,13-35H,12H2,1-2H3. The van der Waals surface area contributed by atoms with E-state index in [0.717, 1.165) is 17.8 Å². The highest BCUT2D eigenvalue weighted by Gasteiger charge is 2.24. The third-order valence-corrected chi connectivity index (χ3v) is 13.1. The Hall–Kier alpha value is -6.68. The van der Waals surface area contributed by atoms with Gasteiger partial charge in [-0.15, -0.1) is 11.3 Å². The molecular weight excluding hydrogens is 709 g/mol. The van der Waals surface area contributed by atoms with E-state index in [1.807, 2.05) is 11.3 Å². The highest BCUT2D eigenvalue weighted by molar-refractivity contribution is 7.25. The van der Waals surface area contributed by atoms with E-state index in [1.165, 1.54) is 92.0 Å². The van der Waals surface area contributed by atoms with Crippen molar-refractivity contribution in [3.05, 3.63) is 199 Å². The van der Waals surface area contributed by atoms with Crippen LogP contribution in [0.2, 0.25) is 0 Å². The number of allylic oxidation sites excluding steroid dienone is 4. The molecule has 272 valence electrons. The molecule has 2 nitrogen and oxygen atoms in total. The summed E-state index contributed by atoms with van der Waals surface area (Å²) in [4.78, 5) is 2.48. The van der Waals surface area contributed by atoms with Crippen LogP contribution in [0.3, 0.4) is 0 Å². The predicted octanol–water partition coefficient (Wildman–Crippen LogP) is 15.7. The van der Waals surface area contributed by atoms with Crippen LogP contribution in [0, 0.1) is 12.8 Å². The monoisotopic (exact) mass is 748 g/mol. The van der Waals surface area contributed by atoms with Gasteiger partial charge in [0.1, 0.15) is 0 Å². The van der Waals surface area contributed by atoms with Gasteiger partial charge in [0, 0.05) is 53.6 Å². The molecule has 0 radical (unpaired) electrons. The number of aryl methyl sites for hydroxylation is 1. The molecule has 8 aromatic carbocycles. The van der Waals surface area contributed by atoms with Gasteiger partial charge >= 0.3 is 0 Å². The number of para-hydroxylation sites is 1. The number of benzene rings is 8. The molecule has 0 N–H and O–H groups in total. The Bertz CT molecular complexity index is 3250. The average Bonchev–Trinajstić information content (AvgIpc) is 3.79. The van der Waals surface area contributed by atoms with Crippen molar-refractivity contribution in [3.63, 3.8) is 0 Å². The lowest BCUT2D eigenvalue weighted by Crippen LogP contribution is -2.14. The Morgan fingerprint density at radius 2 is 1.30 bits per heavy atom. The second-order valence-electron chi connectivity index (χ2n) is 15.4. The van der Waals surface area contributed by atoms with Gasteiger partial charge in [-0.1, -0.05) is 122 Å². The zero-order valence-electron chi connectivity index (χ0n) is 32.0. The van der Waals surface area contributed by atoms with Gasteiger partial charge in [0.15, 0.2) is 0 Å².